The van der Waals surface area contributed by atoms with Crippen LogP contribution in [0.15, 0.2) is 0 Å². The van der Waals surface area contributed by atoms with Crippen molar-refractivity contribution >= 4 is 77.8 Å². The van der Waals surface area contributed by atoms with Gasteiger partial charge in [0.1, 0.15) is 0 Å². The molecule has 0 aromatic heterocycles. The van der Waals surface area contributed by atoms with Crippen LogP contribution in [0.5, 0.6) is 0 Å². The second-order valence-corrected chi connectivity index (χ2v) is 28.6. The fourth-order valence-electron chi connectivity index (χ4n) is 1.26. The van der Waals surface area contributed by atoms with Crippen molar-refractivity contribution in [1.82, 2.24) is 0 Å². The van der Waals surface area contributed by atoms with E-state index < -0.39 is 16.0 Å². The molecule has 0 aromatic rings. The van der Waals surface area contributed by atoms with E-state index in [0.29, 0.717) is 0 Å². The van der Waals surface area contributed by atoms with Gasteiger partial charge >= 0.3 is 128 Å². The first-order valence-corrected chi connectivity index (χ1v) is 20.8. The fourth-order valence-corrected chi connectivity index (χ4v) is 41.2. The average Bonchev–Trinajstić information content (AvgIpc) is 2.08. The first kappa shape index (κ1) is 13.9. The molecule has 7 heteroatoms. The molecule has 0 aliphatic carbocycles. The molecule has 0 saturated carbocycles. The summed E-state index contributed by atoms with van der Waals surface area (Å²) >= 11 is 5.38. The molecule has 0 spiro atoms. The van der Waals surface area contributed by atoms with Gasteiger partial charge in [0.15, 0.2) is 0 Å². The Morgan fingerprint density at radius 1 is 0.625 bits per heavy atom. The van der Waals surface area contributed by atoms with Gasteiger partial charge in [-0.3, -0.25) is 0 Å². The molecule has 3 aliphatic heterocycles. The second kappa shape index (κ2) is 7.08. The molecule has 0 unspecified atom stereocenters. The third kappa shape index (κ3) is 3.96. The Balaban J connectivity index is 1.44. The number of hydrogen-bond donors (Lipinski definition) is 0. The Labute approximate surface area is 126 Å². The van der Waals surface area contributed by atoms with Crippen molar-refractivity contribution < 1.29 is 0 Å². The summed E-state index contributed by atoms with van der Waals surface area (Å²) in [6.07, 6.45) is 0. The van der Waals surface area contributed by atoms with E-state index in [1.165, 1.54) is 34.5 Å². The Bertz CT molecular complexity index is 190. The predicted octanol–water partition coefficient (Wildman–Crippen LogP) is 3.52. The van der Waals surface area contributed by atoms with Crippen LogP contribution in [0.3, 0.4) is 0 Å². The predicted molar refractivity (Wildman–Crippen MR) is 91.9 cm³/mol. The van der Waals surface area contributed by atoms with Crippen molar-refractivity contribution in [1.29, 1.82) is 0 Å². The molecule has 0 aromatic carbocycles. The maximum absolute atomic E-state index is 2.46. The van der Waals surface area contributed by atoms with E-state index in [0.717, 1.165) is 15.7 Å². The summed E-state index contributed by atoms with van der Waals surface area (Å²) in [4.78, 5) is 0. The van der Waals surface area contributed by atoms with Gasteiger partial charge in [0.05, 0.1) is 0 Å². The summed E-state index contributed by atoms with van der Waals surface area (Å²) in [5.74, 6) is 8.70. The summed E-state index contributed by atoms with van der Waals surface area (Å²) in [5, 5.41) is 3.15. The second-order valence-electron chi connectivity index (χ2n) is 4.02. The molecule has 3 fully saturated rings. The van der Waals surface area contributed by atoms with Crippen molar-refractivity contribution in [2.24, 2.45) is 0 Å². The SMILES string of the molecule is C1SCC1[S][Sb]([S]C1CSC1)[S]C1CSC1. The summed E-state index contributed by atoms with van der Waals surface area (Å²) in [5.41, 5.74) is 0. The van der Waals surface area contributed by atoms with Crippen LogP contribution >= 0.6 is 61.8 Å². The van der Waals surface area contributed by atoms with Crippen LogP contribution in [0.25, 0.3) is 0 Å². The topological polar surface area (TPSA) is 0 Å². The molecule has 3 aliphatic rings. The van der Waals surface area contributed by atoms with E-state index in [1.54, 1.807) is 0 Å². The molecule has 0 radical (unpaired) electrons. The normalized spacial score (nSPS) is 27.6. The molecule has 0 bridgehead atoms. The van der Waals surface area contributed by atoms with E-state index >= 15 is 0 Å². The van der Waals surface area contributed by atoms with Crippen molar-refractivity contribution in [3.05, 3.63) is 0 Å². The average molecular weight is 437 g/mol. The van der Waals surface area contributed by atoms with Crippen LogP contribution in [-0.4, -0.2) is 66.3 Å². The molecule has 0 atom stereocenters. The Morgan fingerprint density at radius 2 is 0.938 bits per heavy atom. The number of thioether (sulfide) groups is 3. The molecule has 3 saturated heterocycles. The van der Waals surface area contributed by atoms with Crippen LogP contribution in [-0.2, 0) is 0 Å². The van der Waals surface area contributed by atoms with Crippen LogP contribution in [0.4, 0.5) is 0 Å². The zero-order valence-corrected chi connectivity index (χ0v) is 16.3. The first-order valence-electron chi connectivity index (χ1n) is 5.44. The molecule has 0 nitrogen and oxygen atoms in total. The monoisotopic (exact) mass is 436 g/mol. The maximum atomic E-state index is 2.46. The van der Waals surface area contributed by atoms with Crippen molar-refractivity contribution in [2.45, 2.75) is 15.7 Å². The molecular weight excluding hydrogens is 422 g/mol. The van der Waals surface area contributed by atoms with Gasteiger partial charge in [-0.1, -0.05) is 0 Å². The van der Waals surface area contributed by atoms with E-state index in [9.17, 15) is 0 Å². The molecule has 3 heterocycles. The van der Waals surface area contributed by atoms with Crippen molar-refractivity contribution in [3.8, 4) is 0 Å². The standard InChI is InChI=1S/3C3H6S2.Sb/c3*4-3-1-5-2-3;/h3*3-4H,1-2H2;/q;;;+3/p-3. The molecule has 16 heavy (non-hydrogen) atoms. The van der Waals surface area contributed by atoms with Crippen LogP contribution in [0.1, 0.15) is 0 Å². The minimum absolute atomic E-state index is 1.05. The van der Waals surface area contributed by atoms with Crippen molar-refractivity contribution in [3.63, 3.8) is 0 Å². The van der Waals surface area contributed by atoms with E-state index in [-0.39, 0.29) is 0 Å². The molecule has 3 rings (SSSR count). The van der Waals surface area contributed by atoms with Gasteiger partial charge in [0.2, 0.25) is 0 Å². The summed E-state index contributed by atoms with van der Waals surface area (Å²) in [6, 6.07) is 0. The number of hydrogen-bond acceptors (Lipinski definition) is 6. The molecular formula is C9H15S6Sb. The molecule has 92 valence electrons. The first-order chi connectivity index (χ1) is 7.90. The van der Waals surface area contributed by atoms with Gasteiger partial charge in [0.25, 0.3) is 0 Å². The van der Waals surface area contributed by atoms with Gasteiger partial charge < -0.3 is 0 Å². The van der Waals surface area contributed by atoms with E-state index in [4.69, 9.17) is 0 Å². The number of rotatable bonds is 6. The van der Waals surface area contributed by atoms with E-state index in [2.05, 4.69) is 61.8 Å². The third-order valence-electron chi connectivity index (χ3n) is 2.53. The third-order valence-corrected chi connectivity index (χ3v) is 32.5. The summed E-state index contributed by atoms with van der Waals surface area (Å²) < 4.78 is 0. The van der Waals surface area contributed by atoms with Gasteiger partial charge in [-0.2, -0.15) is 0 Å². The van der Waals surface area contributed by atoms with Crippen molar-refractivity contribution in [2.75, 3.05) is 34.5 Å². The van der Waals surface area contributed by atoms with Gasteiger partial charge in [0, 0.05) is 0 Å². The Kier molecular flexibility index (Phi) is 6.14. The Morgan fingerprint density at radius 3 is 1.12 bits per heavy atom. The zero-order chi connectivity index (χ0) is 10.8. The van der Waals surface area contributed by atoms with Gasteiger partial charge in [-0.15, -0.1) is 0 Å². The quantitative estimate of drug-likeness (QED) is 0.580. The summed E-state index contributed by atoms with van der Waals surface area (Å²) in [7, 11) is 7.37. The zero-order valence-electron chi connectivity index (χ0n) is 8.87. The fraction of sp³-hybridized carbons (Fsp3) is 1.00. The van der Waals surface area contributed by atoms with E-state index in [1.807, 2.05) is 0 Å². The summed E-state index contributed by atoms with van der Waals surface area (Å²) in [6.45, 7) is 0. The molecule has 0 N–H and O–H groups in total. The minimum atomic E-state index is -1.05. The Hall–Kier alpha value is 2.92. The van der Waals surface area contributed by atoms with Gasteiger partial charge in [-0.25, -0.2) is 0 Å². The van der Waals surface area contributed by atoms with Crippen LogP contribution < -0.4 is 0 Å². The van der Waals surface area contributed by atoms with Crippen LogP contribution in [0.2, 0.25) is 0 Å². The van der Waals surface area contributed by atoms with Gasteiger partial charge in [-0.05, 0) is 0 Å². The molecule has 0 amide bonds. The van der Waals surface area contributed by atoms with Crippen LogP contribution in [0, 0.1) is 0 Å².